The van der Waals surface area contributed by atoms with E-state index >= 15 is 0 Å². The average Bonchev–Trinajstić information content (AvgIpc) is 3.18. The van der Waals surface area contributed by atoms with Gasteiger partial charge < -0.3 is 20.5 Å². The molecule has 1 aromatic carbocycles. The Kier molecular flexibility index (Phi) is 8.59. The first-order valence-corrected chi connectivity index (χ1v) is 11.9. The number of aryl methyl sites for hydroxylation is 1. The van der Waals surface area contributed by atoms with Crippen LogP contribution in [-0.2, 0) is 27.2 Å². The predicted molar refractivity (Wildman–Crippen MR) is 125 cm³/mol. The number of anilines is 1. The second-order valence-corrected chi connectivity index (χ2v) is 8.89. The van der Waals surface area contributed by atoms with Crippen LogP contribution in [0.15, 0.2) is 24.3 Å². The number of amides is 2. The van der Waals surface area contributed by atoms with Crippen molar-refractivity contribution in [2.75, 3.05) is 18.5 Å². The van der Waals surface area contributed by atoms with Crippen LogP contribution in [0.1, 0.15) is 70.2 Å². The molecule has 0 bridgehead atoms. The Hall–Kier alpha value is -3.20. The third-order valence-electron chi connectivity index (χ3n) is 5.24. The largest absolute Gasteiger partial charge is 0.494 e. The number of rotatable bonds is 11. The number of hydrogen-bond acceptors (Lipinski definition) is 7. The maximum atomic E-state index is 12.3. The van der Waals surface area contributed by atoms with E-state index in [9.17, 15) is 19.2 Å². The highest BCUT2D eigenvalue weighted by atomic mass is 32.1. The Balaban J connectivity index is 1.45. The van der Waals surface area contributed by atoms with E-state index in [2.05, 4.69) is 5.32 Å². The minimum Gasteiger partial charge on any atom is -0.494 e. The second kappa shape index (κ2) is 11.6. The second-order valence-electron chi connectivity index (χ2n) is 7.78. The number of hydrogen-bond donors (Lipinski definition) is 2. The van der Waals surface area contributed by atoms with Gasteiger partial charge in [0.05, 0.1) is 18.6 Å². The van der Waals surface area contributed by atoms with Gasteiger partial charge >= 0.3 is 5.97 Å². The molecule has 0 fully saturated rings. The average molecular weight is 473 g/mol. The number of primary amides is 1. The summed E-state index contributed by atoms with van der Waals surface area (Å²) in [4.78, 5) is 49.5. The summed E-state index contributed by atoms with van der Waals surface area (Å²) in [5.74, 6) is -1.30. The Labute approximate surface area is 196 Å². The quantitative estimate of drug-likeness (QED) is 0.380. The van der Waals surface area contributed by atoms with Gasteiger partial charge in [-0.3, -0.25) is 19.2 Å². The number of Topliss-reactive ketones (excluding diaryl/α,β-unsaturated/α-hetero) is 1. The van der Waals surface area contributed by atoms with Gasteiger partial charge in [0, 0.05) is 16.9 Å². The van der Waals surface area contributed by atoms with E-state index in [0.717, 1.165) is 42.5 Å². The number of carbonyl (C=O) groups excluding carboxylic acids is 4. The molecule has 2 aromatic rings. The molecule has 2 amide bonds. The zero-order valence-corrected chi connectivity index (χ0v) is 19.4. The Morgan fingerprint density at radius 3 is 2.48 bits per heavy atom. The first-order chi connectivity index (χ1) is 15.9. The van der Waals surface area contributed by atoms with Crippen molar-refractivity contribution in [3.8, 4) is 5.75 Å². The topological polar surface area (TPSA) is 125 Å². The van der Waals surface area contributed by atoms with E-state index in [4.69, 9.17) is 15.2 Å². The molecule has 0 atom stereocenters. The zero-order valence-electron chi connectivity index (χ0n) is 18.6. The molecule has 0 unspecified atom stereocenters. The lowest BCUT2D eigenvalue weighted by molar-refractivity contribution is -0.147. The van der Waals surface area contributed by atoms with Crippen molar-refractivity contribution >= 4 is 39.9 Å². The highest BCUT2D eigenvalue weighted by Crippen LogP contribution is 2.37. The Morgan fingerprint density at radius 1 is 1.06 bits per heavy atom. The lowest BCUT2D eigenvalue weighted by atomic mass is 9.95. The minimum absolute atomic E-state index is 0.0287. The molecule has 8 nitrogen and oxygen atoms in total. The predicted octanol–water partition coefficient (Wildman–Crippen LogP) is 3.66. The summed E-state index contributed by atoms with van der Waals surface area (Å²) in [6, 6.07) is 6.74. The maximum Gasteiger partial charge on any atom is 0.306 e. The summed E-state index contributed by atoms with van der Waals surface area (Å²) >= 11 is 1.34. The monoisotopic (exact) mass is 472 g/mol. The van der Waals surface area contributed by atoms with Gasteiger partial charge in [0.15, 0.2) is 12.4 Å². The SMILES string of the molecule is CCCOc1ccc(C(=O)CCC(=O)OCC(=O)Nc2sc3c(c2C(N)=O)CCCC3)cc1. The first-order valence-electron chi connectivity index (χ1n) is 11.0. The minimum atomic E-state index is -0.651. The van der Waals surface area contributed by atoms with Crippen LogP contribution in [0.2, 0.25) is 0 Å². The molecule has 3 rings (SSSR count). The number of nitrogens with one attached hydrogen (secondary N) is 1. The van der Waals surface area contributed by atoms with E-state index < -0.39 is 24.4 Å². The van der Waals surface area contributed by atoms with Gasteiger partial charge in [-0.1, -0.05) is 6.92 Å². The summed E-state index contributed by atoms with van der Waals surface area (Å²) < 4.78 is 10.5. The summed E-state index contributed by atoms with van der Waals surface area (Å²) in [6.07, 6.45) is 4.35. The molecule has 3 N–H and O–H groups in total. The van der Waals surface area contributed by atoms with Crippen LogP contribution in [0.4, 0.5) is 5.00 Å². The van der Waals surface area contributed by atoms with Crippen LogP contribution in [0.5, 0.6) is 5.75 Å². The normalized spacial score (nSPS) is 12.5. The van der Waals surface area contributed by atoms with E-state index in [1.165, 1.54) is 11.3 Å². The van der Waals surface area contributed by atoms with Crippen molar-refractivity contribution in [2.45, 2.75) is 51.9 Å². The number of benzene rings is 1. The highest BCUT2D eigenvalue weighted by Gasteiger charge is 2.25. The Bertz CT molecular complexity index is 1030. The maximum absolute atomic E-state index is 12.3. The Morgan fingerprint density at radius 2 is 1.79 bits per heavy atom. The molecule has 1 aromatic heterocycles. The van der Waals surface area contributed by atoms with Gasteiger partial charge in [-0.15, -0.1) is 11.3 Å². The molecule has 1 aliphatic carbocycles. The molecule has 0 aliphatic heterocycles. The van der Waals surface area contributed by atoms with Gasteiger partial charge in [-0.25, -0.2) is 0 Å². The van der Waals surface area contributed by atoms with Gasteiger partial charge in [0.2, 0.25) is 0 Å². The number of ketones is 1. The van der Waals surface area contributed by atoms with E-state index in [0.29, 0.717) is 28.5 Å². The summed E-state index contributed by atoms with van der Waals surface area (Å²) in [6.45, 7) is 2.11. The van der Waals surface area contributed by atoms with Crippen molar-refractivity contribution < 1.29 is 28.7 Å². The van der Waals surface area contributed by atoms with Crippen LogP contribution in [-0.4, -0.2) is 36.8 Å². The van der Waals surface area contributed by atoms with Crippen molar-refractivity contribution in [3.63, 3.8) is 0 Å². The van der Waals surface area contributed by atoms with Gasteiger partial charge in [-0.2, -0.15) is 0 Å². The molecular formula is C24H28N2O6S. The van der Waals surface area contributed by atoms with Crippen LogP contribution < -0.4 is 15.8 Å². The molecule has 0 spiro atoms. The first kappa shape index (κ1) is 24.4. The smallest absolute Gasteiger partial charge is 0.306 e. The molecular weight excluding hydrogens is 444 g/mol. The molecule has 1 heterocycles. The summed E-state index contributed by atoms with van der Waals surface area (Å²) in [5, 5.41) is 3.04. The van der Waals surface area contributed by atoms with E-state index in [1.807, 2.05) is 6.92 Å². The van der Waals surface area contributed by atoms with Crippen LogP contribution in [0.3, 0.4) is 0 Å². The molecule has 9 heteroatoms. The molecule has 0 saturated heterocycles. The lowest BCUT2D eigenvalue weighted by Crippen LogP contribution is -2.23. The van der Waals surface area contributed by atoms with Gasteiger partial charge in [0.1, 0.15) is 10.8 Å². The van der Waals surface area contributed by atoms with Gasteiger partial charge in [0.25, 0.3) is 11.8 Å². The third kappa shape index (κ3) is 6.64. The van der Waals surface area contributed by atoms with Crippen molar-refractivity contribution in [2.24, 2.45) is 5.73 Å². The van der Waals surface area contributed by atoms with Crippen LogP contribution in [0, 0.1) is 0 Å². The van der Waals surface area contributed by atoms with Crippen LogP contribution in [0.25, 0.3) is 0 Å². The van der Waals surface area contributed by atoms with Crippen molar-refractivity contribution in [1.29, 1.82) is 0 Å². The fourth-order valence-electron chi connectivity index (χ4n) is 3.61. The number of carbonyl (C=O) groups is 4. The number of ether oxygens (including phenoxy) is 2. The number of fused-ring (bicyclic) bond motifs is 1. The van der Waals surface area contributed by atoms with E-state index in [-0.39, 0.29) is 18.6 Å². The van der Waals surface area contributed by atoms with Crippen molar-refractivity contribution in [1.82, 2.24) is 0 Å². The number of thiophene rings is 1. The molecule has 33 heavy (non-hydrogen) atoms. The lowest BCUT2D eigenvalue weighted by Gasteiger charge is -2.11. The van der Waals surface area contributed by atoms with Crippen LogP contribution >= 0.6 is 11.3 Å². The molecule has 176 valence electrons. The standard InChI is InChI=1S/C24H28N2O6S/c1-2-13-31-16-9-7-15(8-10-16)18(27)11-12-21(29)32-14-20(28)26-24-22(23(25)30)17-5-3-4-6-19(17)33-24/h7-10H,2-6,11-14H2,1H3,(H2,25,30)(H,26,28). The third-order valence-corrected chi connectivity index (χ3v) is 6.45. The molecule has 1 aliphatic rings. The molecule has 0 radical (unpaired) electrons. The number of esters is 1. The summed E-state index contributed by atoms with van der Waals surface area (Å²) in [7, 11) is 0. The van der Waals surface area contributed by atoms with E-state index in [1.54, 1.807) is 24.3 Å². The fraction of sp³-hybridized carbons (Fsp3) is 0.417. The zero-order chi connectivity index (χ0) is 23.8. The fourth-order valence-corrected chi connectivity index (χ4v) is 4.92. The van der Waals surface area contributed by atoms with Gasteiger partial charge in [-0.05, 0) is 61.9 Å². The molecule has 0 saturated carbocycles. The highest BCUT2D eigenvalue weighted by molar-refractivity contribution is 7.17. The number of nitrogens with two attached hydrogens (primary N) is 1. The summed E-state index contributed by atoms with van der Waals surface area (Å²) in [5.41, 5.74) is 7.26. The van der Waals surface area contributed by atoms with Crippen molar-refractivity contribution in [3.05, 3.63) is 45.8 Å².